The first-order chi connectivity index (χ1) is 12.9. The summed E-state index contributed by atoms with van der Waals surface area (Å²) >= 11 is 0. The van der Waals surface area contributed by atoms with Crippen molar-refractivity contribution in [1.29, 1.82) is 0 Å². The van der Waals surface area contributed by atoms with Gasteiger partial charge in [-0.2, -0.15) is 0 Å². The Morgan fingerprint density at radius 2 is 1.93 bits per heavy atom. The van der Waals surface area contributed by atoms with E-state index in [-0.39, 0.29) is 29.5 Å². The van der Waals surface area contributed by atoms with E-state index >= 15 is 0 Å². The number of nitrogens with one attached hydrogen (secondary N) is 3. The summed E-state index contributed by atoms with van der Waals surface area (Å²) in [7, 11) is 1.56. The molecule has 1 atom stereocenters. The molecular weight excluding hydrogens is 348 g/mol. The van der Waals surface area contributed by atoms with Crippen molar-refractivity contribution in [3.63, 3.8) is 0 Å². The standard InChI is InChI=1S/C19H20N4O4/c1-9(2)23-17-16(19(26)22-23)12(8-15(24)21-17)13-6-10-4-5-11(27-3)7-14(10)20-18(13)25/h4-7,9,12H,8H2,1-3H3,(H,20,25)(H,21,24)(H,22,26). The Hall–Kier alpha value is -3.29. The van der Waals surface area contributed by atoms with Crippen LogP contribution in [0.15, 0.2) is 33.9 Å². The Morgan fingerprint density at radius 1 is 1.15 bits per heavy atom. The molecule has 3 heterocycles. The molecule has 1 amide bonds. The van der Waals surface area contributed by atoms with Gasteiger partial charge in [-0.25, -0.2) is 0 Å². The van der Waals surface area contributed by atoms with Gasteiger partial charge in [0.2, 0.25) is 5.91 Å². The van der Waals surface area contributed by atoms with Crippen LogP contribution in [0.1, 0.15) is 43.4 Å². The highest BCUT2D eigenvalue weighted by Gasteiger charge is 2.34. The van der Waals surface area contributed by atoms with Gasteiger partial charge in [0.25, 0.3) is 11.1 Å². The van der Waals surface area contributed by atoms with Crippen LogP contribution >= 0.6 is 0 Å². The number of amides is 1. The van der Waals surface area contributed by atoms with Crippen molar-refractivity contribution in [2.24, 2.45) is 0 Å². The predicted octanol–water partition coefficient (Wildman–Crippen LogP) is 2.08. The van der Waals surface area contributed by atoms with E-state index in [0.29, 0.717) is 28.2 Å². The number of aromatic nitrogens is 3. The number of rotatable bonds is 3. The number of carbonyl (C=O) groups is 1. The van der Waals surface area contributed by atoms with Crippen molar-refractivity contribution in [3.05, 3.63) is 56.1 Å². The summed E-state index contributed by atoms with van der Waals surface area (Å²) < 4.78 is 6.81. The van der Waals surface area contributed by atoms with Crippen LogP contribution in [0.3, 0.4) is 0 Å². The third-order valence-corrected chi connectivity index (χ3v) is 4.93. The van der Waals surface area contributed by atoms with Gasteiger partial charge >= 0.3 is 0 Å². The van der Waals surface area contributed by atoms with Crippen LogP contribution in [0.25, 0.3) is 10.9 Å². The monoisotopic (exact) mass is 368 g/mol. The lowest BCUT2D eigenvalue weighted by Crippen LogP contribution is -2.30. The summed E-state index contributed by atoms with van der Waals surface area (Å²) in [4.78, 5) is 40.5. The van der Waals surface area contributed by atoms with E-state index in [4.69, 9.17) is 4.74 Å². The predicted molar refractivity (Wildman–Crippen MR) is 102 cm³/mol. The maximum Gasteiger partial charge on any atom is 0.270 e. The zero-order valence-corrected chi connectivity index (χ0v) is 15.3. The molecule has 3 aromatic rings. The number of H-pyrrole nitrogens is 2. The number of nitrogens with zero attached hydrogens (tertiary/aromatic N) is 1. The number of hydrogen-bond donors (Lipinski definition) is 3. The molecule has 4 rings (SSSR count). The van der Waals surface area contributed by atoms with Crippen molar-refractivity contribution in [1.82, 2.24) is 14.8 Å². The first-order valence-electron chi connectivity index (χ1n) is 8.74. The SMILES string of the molecule is COc1ccc2cc(C3CC(=O)Nc4c3c(=O)[nH]n4C(C)C)c(=O)[nH]c2c1. The van der Waals surface area contributed by atoms with Gasteiger partial charge in [-0.1, -0.05) is 0 Å². The Balaban J connectivity index is 1.92. The zero-order valence-electron chi connectivity index (χ0n) is 15.3. The lowest BCUT2D eigenvalue weighted by atomic mass is 9.87. The largest absolute Gasteiger partial charge is 0.497 e. The van der Waals surface area contributed by atoms with Crippen LogP contribution in [0, 0.1) is 0 Å². The van der Waals surface area contributed by atoms with E-state index < -0.39 is 5.92 Å². The van der Waals surface area contributed by atoms with Gasteiger partial charge < -0.3 is 15.0 Å². The highest BCUT2D eigenvalue weighted by Crippen LogP contribution is 2.35. The number of ether oxygens (including phenoxy) is 1. The number of aromatic amines is 2. The number of anilines is 1. The Bertz CT molecular complexity index is 1170. The second-order valence-corrected chi connectivity index (χ2v) is 6.98. The third kappa shape index (κ3) is 2.73. The number of carbonyl (C=O) groups excluding carboxylic acids is 1. The fourth-order valence-electron chi connectivity index (χ4n) is 3.62. The van der Waals surface area contributed by atoms with Crippen molar-refractivity contribution >= 4 is 22.6 Å². The van der Waals surface area contributed by atoms with Crippen molar-refractivity contribution < 1.29 is 9.53 Å². The van der Waals surface area contributed by atoms with Crippen LogP contribution in [-0.2, 0) is 4.79 Å². The van der Waals surface area contributed by atoms with E-state index in [1.165, 1.54) is 0 Å². The van der Waals surface area contributed by atoms with Crippen LogP contribution < -0.4 is 21.2 Å². The van der Waals surface area contributed by atoms with Crippen LogP contribution in [-0.4, -0.2) is 27.8 Å². The molecule has 0 radical (unpaired) electrons. The molecule has 8 nitrogen and oxygen atoms in total. The van der Waals surface area contributed by atoms with Crippen LogP contribution in [0.5, 0.6) is 5.75 Å². The van der Waals surface area contributed by atoms with E-state index in [1.807, 2.05) is 19.9 Å². The number of hydrogen-bond acceptors (Lipinski definition) is 4. The Morgan fingerprint density at radius 3 is 2.63 bits per heavy atom. The summed E-state index contributed by atoms with van der Waals surface area (Å²) in [6.45, 7) is 3.81. The Labute approximate surface area is 154 Å². The summed E-state index contributed by atoms with van der Waals surface area (Å²) in [6, 6.07) is 7.07. The topological polar surface area (TPSA) is 109 Å². The molecule has 0 fully saturated rings. The lowest BCUT2D eigenvalue weighted by Gasteiger charge is -2.23. The first-order valence-corrected chi connectivity index (χ1v) is 8.74. The zero-order chi connectivity index (χ0) is 19.3. The molecule has 0 aliphatic carbocycles. The number of pyridine rings is 1. The van der Waals surface area contributed by atoms with E-state index in [0.717, 1.165) is 5.39 Å². The minimum absolute atomic E-state index is 0.0390. The second kappa shape index (κ2) is 6.15. The quantitative estimate of drug-likeness (QED) is 0.657. The van der Waals surface area contributed by atoms with Crippen LogP contribution in [0.2, 0.25) is 0 Å². The number of methoxy groups -OCH3 is 1. The molecule has 1 unspecified atom stereocenters. The fourth-order valence-corrected chi connectivity index (χ4v) is 3.62. The second-order valence-electron chi connectivity index (χ2n) is 6.98. The van der Waals surface area contributed by atoms with Gasteiger partial charge in [0.1, 0.15) is 11.6 Å². The molecule has 1 aliphatic rings. The average Bonchev–Trinajstić information content (AvgIpc) is 2.96. The molecule has 1 aliphatic heterocycles. The minimum atomic E-state index is -0.604. The van der Waals surface area contributed by atoms with E-state index in [9.17, 15) is 14.4 Å². The normalized spacial score (nSPS) is 16.4. The molecular formula is C19H20N4O4. The number of fused-ring (bicyclic) bond motifs is 2. The van der Waals surface area contributed by atoms with Gasteiger partial charge in [-0.15, -0.1) is 0 Å². The van der Waals surface area contributed by atoms with Gasteiger partial charge in [0.15, 0.2) is 0 Å². The smallest absolute Gasteiger partial charge is 0.270 e. The van der Waals surface area contributed by atoms with Gasteiger partial charge in [-0.05, 0) is 37.4 Å². The van der Waals surface area contributed by atoms with E-state index in [1.54, 1.807) is 30.0 Å². The summed E-state index contributed by atoms with van der Waals surface area (Å²) in [5.41, 5.74) is 0.839. The molecule has 140 valence electrons. The van der Waals surface area contributed by atoms with Crippen molar-refractivity contribution in [3.8, 4) is 5.75 Å². The third-order valence-electron chi connectivity index (χ3n) is 4.93. The summed E-state index contributed by atoms with van der Waals surface area (Å²) in [6.07, 6.45) is 0.0446. The highest BCUT2D eigenvalue weighted by atomic mass is 16.5. The summed E-state index contributed by atoms with van der Waals surface area (Å²) in [5, 5.41) is 6.33. The molecule has 1 aromatic carbocycles. The molecule has 0 spiro atoms. The van der Waals surface area contributed by atoms with Gasteiger partial charge in [-0.3, -0.25) is 24.2 Å². The fraction of sp³-hybridized carbons (Fsp3) is 0.316. The molecule has 0 bridgehead atoms. The van der Waals surface area contributed by atoms with Gasteiger partial charge in [0, 0.05) is 30.0 Å². The molecule has 0 saturated heterocycles. The highest BCUT2D eigenvalue weighted by molar-refractivity contribution is 5.94. The average molecular weight is 368 g/mol. The number of benzene rings is 1. The first kappa shape index (κ1) is 17.1. The lowest BCUT2D eigenvalue weighted by molar-refractivity contribution is -0.116. The molecule has 0 saturated carbocycles. The Kier molecular flexibility index (Phi) is 3.91. The van der Waals surface area contributed by atoms with Crippen molar-refractivity contribution in [2.75, 3.05) is 12.4 Å². The van der Waals surface area contributed by atoms with Crippen LogP contribution in [0.4, 0.5) is 5.82 Å². The molecule has 27 heavy (non-hydrogen) atoms. The van der Waals surface area contributed by atoms with E-state index in [2.05, 4.69) is 15.4 Å². The summed E-state index contributed by atoms with van der Waals surface area (Å²) in [5.74, 6) is 0.240. The van der Waals surface area contributed by atoms with Crippen molar-refractivity contribution in [2.45, 2.75) is 32.2 Å². The molecule has 2 aromatic heterocycles. The molecule has 8 heteroatoms. The minimum Gasteiger partial charge on any atom is -0.497 e. The maximum absolute atomic E-state index is 12.8. The van der Waals surface area contributed by atoms with Gasteiger partial charge in [0.05, 0.1) is 18.2 Å². The maximum atomic E-state index is 12.8. The molecule has 3 N–H and O–H groups in total.